The molecule has 1 saturated heterocycles. The van der Waals surface area contributed by atoms with E-state index in [1.54, 1.807) is 0 Å². The van der Waals surface area contributed by atoms with Crippen molar-refractivity contribution in [1.29, 1.82) is 0 Å². The van der Waals surface area contributed by atoms with Gasteiger partial charge in [0.05, 0.1) is 0 Å². The lowest BCUT2D eigenvalue weighted by Gasteiger charge is -2.35. The Hall–Kier alpha value is -0.830. The molecule has 96 valence electrons. The van der Waals surface area contributed by atoms with E-state index in [1.807, 2.05) is 18.9 Å². The molecule has 1 N–H and O–H groups in total. The summed E-state index contributed by atoms with van der Waals surface area (Å²) >= 11 is 0. The summed E-state index contributed by atoms with van der Waals surface area (Å²) in [6.45, 7) is 6.06. The van der Waals surface area contributed by atoms with E-state index in [4.69, 9.17) is 0 Å². The minimum Gasteiger partial charge on any atom is -0.339 e. The molecule has 2 aliphatic rings. The van der Waals surface area contributed by atoms with Gasteiger partial charge in [0, 0.05) is 31.8 Å². The van der Waals surface area contributed by atoms with Crippen LogP contribution in [-0.2, 0) is 4.79 Å². The zero-order chi connectivity index (χ0) is 12.4. The van der Waals surface area contributed by atoms with Gasteiger partial charge in [-0.2, -0.15) is 0 Å². The number of rotatable bonds is 2. The van der Waals surface area contributed by atoms with E-state index >= 15 is 0 Å². The Morgan fingerprint density at radius 3 is 2.59 bits per heavy atom. The molecule has 3 heteroatoms. The molecule has 3 nitrogen and oxygen atoms in total. The molecule has 0 bridgehead atoms. The van der Waals surface area contributed by atoms with Crippen LogP contribution in [0.5, 0.6) is 0 Å². The van der Waals surface area contributed by atoms with Gasteiger partial charge in [-0.05, 0) is 31.3 Å². The van der Waals surface area contributed by atoms with E-state index in [2.05, 4.69) is 12.2 Å². The normalized spacial score (nSPS) is 28.5. The van der Waals surface area contributed by atoms with Crippen LogP contribution in [0.2, 0.25) is 0 Å². The van der Waals surface area contributed by atoms with Crippen molar-refractivity contribution in [1.82, 2.24) is 10.2 Å². The Kier molecular flexibility index (Phi) is 3.87. The first-order valence-corrected chi connectivity index (χ1v) is 6.76. The predicted octanol–water partition coefficient (Wildman–Crippen LogP) is 1.94. The summed E-state index contributed by atoms with van der Waals surface area (Å²) in [5, 5.41) is 3.19. The van der Waals surface area contributed by atoms with Crippen LogP contribution >= 0.6 is 0 Å². The lowest BCUT2D eigenvalue weighted by atomic mass is 9.86. The molecule has 2 unspecified atom stereocenters. The van der Waals surface area contributed by atoms with Crippen LogP contribution < -0.4 is 5.32 Å². The van der Waals surface area contributed by atoms with E-state index in [0.717, 1.165) is 24.6 Å². The Morgan fingerprint density at radius 1 is 1.35 bits per heavy atom. The Morgan fingerprint density at radius 2 is 2.06 bits per heavy atom. The number of nitrogens with zero attached hydrogens (tertiary/aromatic N) is 1. The van der Waals surface area contributed by atoms with E-state index in [9.17, 15) is 4.79 Å². The number of carbonyl (C=O) groups excluding carboxylic acids is 1. The van der Waals surface area contributed by atoms with Gasteiger partial charge in [0.1, 0.15) is 0 Å². The molecule has 0 spiro atoms. The fraction of sp³-hybridized carbons (Fsp3) is 0.786. The van der Waals surface area contributed by atoms with Crippen molar-refractivity contribution in [3.8, 4) is 0 Å². The van der Waals surface area contributed by atoms with Crippen LogP contribution in [0.4, 0.5) is 0 Å². The van der Waals surface area contributed by atoms with Crippen LogP contribution in [0.25, 0.3) is 0 Å². The molecule has 0 radical (unpaired) electrons. The highest BCUT2D eigenvalue weighted by molar-refractivity contribution is 5.94. The van der Waals surface area contributed by atoms with Crippen LogP contribution in [-0.4, -0.2) is 37.0 Å². The maximum atomic E-state index is 12.3. The molecule has 0 aromatic carbocycles. The smallest absolute Gasteiger partial charge is 0.249 e. The van der Waals surface area contributed by atoms with Gasteiger partial charge in [-0.15, -0.1) is 0 Å². The molecule has 2 fully saturated rings. The van der Waals surface area contributed by atoms with Crippen LogP contribution in [0.3, 0.4) is 0 Å². The number of carbonyl (C=O) groups is 1. The Labute approximate surface area is 104 Å². The van der Waals surface area contributed by atoms with Gasteiger partial charge in [-0.3, -0.25) is 4.79 Å². The first kappa shape index (κ1) is 12.6. The number of hydrogen-bond acceptors (Lipinski definition) is 2. The maximum absolute atomic E-state index is 12.3. The molecule has 0 aromatic heterocycles. The minimum absolute atomic E-state index is 0.237. The lowest BCUT2D eigenvalue weighted by Crippen LogP contribution is -2.43. The third-order valence-electron chi connectivity index (χ3n) is 4.30. The van der Waals surface area contributed by atoms with Gasteiger partial charge in [0.15, 0.2) is 0 Å². The minimum atomic E-state index is 0.237. The quantitative estimate of drug-likeness (QED) is 0.743. The zero-order valence-corrected chi connectivity index (χ0v) is 11.3. The largest absolute Gasteiger partial charge is 0.339 e. The first-order valence-electron chi connectivity index (χ1n) is 6.76. The monoisotopic (exact) mass is 236 g/mol. The van der Waals surface area contributed by atoms with Gasteiger partial charge < -0.3 is 10.2 Å². The molecule has 1 aliphatic carbocycles. The second-order valence-corrected chi connectivity index (χ2v) is 5.67. The van der Waals surface area contributed by atoms with Crippen molar-refractivity contribution in [2.24, 2.45) is 5.92 Å². The number of nitrogens with one attached hydrogen (secondary N) is 1. The summed E-state index contributed by atoms with van der Waals surface area (Å²) in [4.78, 5) is 14.3. The van der Waals surface area contributed by atoms with Crippen molar-refractivity contribution < 1.29 is 4.79 Å². The van der Waals surface area contributed by atoms with Crippen molar-refractivity contribution in [2.75, 3.05) is 20.1 Å². The standard InChI is InChI=1S/C14H24N2O/c1-10-5-4-6-13(7-10)16(3)14(17)11(2)12-8-15-9-12/h10,13,15H,4-9H2,1-3H3. The molecular formula is C14H24N2O. The Bertz CT molecular complexity index is 329. The molecule has 1 saturated carbocycles. The zero-order valence-electron chi connectivity index (χ0n) is 11.3. The van der Waals surface area contributed by atoms with E-state index in [-0.39, 0.29) is 5.91 Å². The van der Waals surface area contributed by atoms with Crippen molar-refractivity contribution in [3.63, 3.8) is 0 Å². The molecule has 17 heavy (non-hydrogen) atoms. The summed E-state index contributed by atoms with van der Waals surface area (Å²) in [5.74, 6) is 1.00. The Balaban J connectivity index is 1.99. The summed E-state index contributed by atoms with van der Waals surface area (Å²) < 4.78 is 0. The number of hydrogen-bond donors (Lipinski definition) is 1. The predicted molar refractivity (Wildman–Crippen MR) is 69.8 cm³/mol. The lowest BCUT2D eigenvalue weighted by molar-refractivity contribution is -0.128. The van der Waals surface area contributed by atoms with E-state index in [1.165, 1.54) is 31.3 Å². The fourth-order valence-corrected chi connectivity index (χ4v) is 2.85. The van der Waals surface area contributed by atoms with Gasteiger partial charge in [-0.25, -0.2) is 0 Å². The molecule has 2 atom stereocenters. The SMILES string of the molecule is CC(C(=O)N(C)C1CCCC(C)C1)=C1CNC1. The highest BCUT2D eigenvalue weighted by Crippen LogP contribution is 2.27. The topological polar surface area (TPSA) is 32.3 Å². The van der Waals surface area contributed by atoms with E-state index < -0.39 is 0 Å². The van der Waals surface area contributed by atoms with Gasteiger partial charge in [0.2, 0.25) is 5.91 Å². The van der Waals surface area contributed by atoms with Gasteiger partial charge in [-0.1, -0.05) is 19.8 Å². The highest BCUT2D eigenvalue weighted by Gasteiger charge is 2.27. The average Bonchev–Trinajstić information content (AvgIpc) is 2.24. The number of amides is 1. The van der Waals surface area contributed by atoms with E-state index in [0.29, 0.717) is 6.04 Å². The third kappa shape index (κ3) is 2.71. The molecule has 1 amide bonds. The molecule has 2 rings (SSSR count). The maximum Gasteiger partial charge on any atom is 0.249 e. The molecule has 0 aromatic rings. The average molecular weight is 236 g/mol. The summed E-state index contributed by atoms with van der Waals surface area (Å²) in [6, 6.07) is 0.454. The van der Waals surface area contributed by atoms with Gasteiger partial charge in [0.25, 0.3) is 0 Å². The molecule has 1 aliphatic heterocycles. The van der Waals surface area contributed by atoms with Crippen LogP contribution in [0, 0.1) is 5.92 Å². The summed E-state index contributed by atoms with van der Waals surface area (Å²) in [7, 11) is 1.97. The second kappa shape index (κ2) is 5.21. The van der Waals surface area contributed by atoms with Crippen LogP contribution in [0.15, 0.2) is 11.1 Å². The van der Waals surface area contributed by atoms with Crippen molar-refractivity contribution in [3.05, 3.63) is 11.1 Å². The summed E-state index contributed by atoms with van der Waals surface area (Å²) in [5.41, 5.74) is 2.25. The second-order valence-electron chi connectivity index (χ2n) is 5.67. The van der Waals surface area contributed by atoms with Crippen molar-refractivity contribution in [2.45, 2.75) is 45.6 Å². The van der Waals surface area contributed by atoms with Gasteiger partial charge >= 0.3 is 0 Å². The van der Waals surface area contributed by atoms with Crippen LogP contribution in [0.1, 0.15) is 39.5 Å². The molecule has 1 heterocycles. The third-order valence-corrected chi connectivity index (χ3v) is 4.30. The fourth-order valence-electron chi connectivity index (χ4n) is 2.85. The first-order chi connectivity index (χ1) is 8.09. The number of likely N-dealkylation sites (N-methyl/N-ethyl adjacent to an activating group) is 1. The highest BCUT2D eigenvalue weighted by atomic mass is 16.2. The molecular weight excluding hydrogens is 212 g/mol. The van der Waals surface area contributed by atoms with Crippen molar-refractivity contribution >= 4 is 5.91 Å². The summed E-state index contributed by atoms with van der Waals surface area (Å²) in [6.07, 6.45) is 4.93.